The number of ether oxygens (including phenoxy) is 1. The van der Waals surface area contributed by atoms with Gasteiger partial charge in [0.25, 0.3) is 21.8 Å². The zero-order valence-electron chi connectivity index (χ0n) is 19.5. The fourth-order valence-electron chi connectivity index (χ4n) is 4.52. The van der Waals surface area contributed by atoms with Gasteiger partial charge in [-0.05, 0) is 68.9 Å². The van der Waals surface area contributed by atoms with Crippen LogP contribution in [-0.2, 0) is 10.0 Å². The van der Waals surface area contributed by atoms with Crippen molar-refractivity contribution in [2.24, 2.45) is 0 Å². The SMILES string of the molecule is COc1ccc(S(=O)(=O)Nc2ccccc2C(=O)N2CCCCC2)cc1C(=O)N1CCCCC1. The minimum Gasteiger partial charge on any atom is -0.496 e. The fraction of sp³-hybridized carbons (Fsp3) is 0.440. The maximum absolute atomic E-state index is 13.3. The second-order valence-electron chi connectivity index (χ2n) is 8.72. The lowest BCUT2D eigenvalue weighted by Gasteiger charge is -2.28. The van der Waals surface area contributed by atoms with Crippen molar-refractivity contribution in [2.45, 2.75) is 43.4 Å². The number of nitrogens with one attached hydrogen (secondary N) is 1. The predicted octanol–water partition coefficient (Wildman–Crippen LogP) is 3.75. The predicted molar refractivity (Wildman–Crippen MR) is 130 cm³/mol. The van der Waals surface area contributed by atoms with Gasteiger partial charge in [0.1, 0.15) is 5.75 Å². The molecule has 0 unspecified atom stereocenters. The molecule has 2 saturated heterocycles. The molecule has 0 atom stereocenters. The molecule has 9 heteroatoms. The molecular weight excluding hydrogens is 454 g/mol. The second kappa shape index (κ2) is 10.5. The summed E-state index contributed by atoms with van der Waals surface area (Å²) in [6.07, 6.45) is 5.91. The molecule has 2 amide bonds. The monoisotopic (exact) mass is 485 g/mol. The van der Waals surface area contributed by atoms with Crippen LogP contribution in [0.3, 0.4) is 0 Å². The van der Waals surface area contributed by atoms with Crippen molar-refractivity contribution in [3.05, 3.63) is 53.6 Å². The molecule has 0 aromatic heterocycles. The molecule has 0 aliphatic carbocycles. The van der Waals surface area contributed by atoms with Gasteiger partial charge < -0.3 is 14.5 Å². The Bertz CT molecular complexity index is 1150. The molecule has 182 valence electrons. The minimum absolute atomic E-state index is 0.0612. The van der Waals surface area contributed by atoms with Crippen LogP contribution in [0.1, 0.15) is 59.2 Å². The molecule has 2 aliphatic heterocycles. The first-order valence-corrected chi connectivity index (χ1v) is 13.3. The Labute approximate surface area is 200 Å². The Hall–Kier alpha value is -3.07. The third-order valence-electron chi connectivity index (χ3n) is 6.40. The van der Waals surface area contributed by atoms with Crippen LogP contribution < -0.4 is 9.46 Å². The highest BCUT2D eigenvalue weighted by atomic mass is 32.2. The molecule has 2 aromatic rings. The molecule has 1 N–H and O–H groups in total. The minimum atomic E-state index is -4.06. The molecule has 2 fully saturated rings. The highest BCUT2D eigenvalue weighted by Crippen LogP contribution is 2.28. The number of para-hydroxylation sites is 1. The van der Waals surface area contributed by atoms with Gasteiger partial charge in [0.05, 0.1) is 28.8 Å². The Kier molecular flexibility index (Phi) is 7.41. The third-order valence-corrected chi connectivity index (χ3v) is 7.76. The van der Waals surface area contributed by atoms with Crippen molar-refractivity contribution in [1.82, 2.24) is 9.80 Å². The van der Waals surface area contributed by atoms with Gasteiger partial charge in [0.15, 0.2) is 0 Å². The largest absolute Gasteiger partial charge is 0.496 e. The Balaban J connectivity index is 1.62. The molecule has 0 saturated carbocycles. The first kappa shape index (κ1) is 24.1. The Morgan fingerprint density at radius 1 is 0.794 bits per heavy atom. The number of rotatable bonds is 6. The summed E-state index contributed by atoms with van der Waals surface area (Å²) in [7, 11) is -2.60. The Morgan fingerprint density at radius 2 is 1.35 bits per heavy atom. The molecule has 0 bridgehead atoms. The van der Waals surface area contributed by atoms with E-state index in [0.717, 1.165) is 38.5 Å². The van der Waals surface area contributed by atoms with Gasteiger partial charge in [0.2, 0.25) is 0 Å². The molecule has 2 aromatic carbocycles. The molecule has 2 heterocycles. The summed E-state index contributed by atoms with van der Waals surface area (Å²) in [6.45, 7) is 2.62. The van der Waals surface area contributed by atoms with E-state index in [1.807, 2.05) is 0 Å². The third kappa shape index (κ3) is 5.19. The standard InChI is InChI=1S/C25H31N3O5S/c1-33-23-13-12-19(18-21(23)25(30)28-16-8-3-9-17-28)34(31,32)26-22-11-5-4-10-20(22)24(29)27-14-6-2-7-15-27/h4-5,10-13,18,26H,2-3,6-9,14-17H2,1H3. The summed E-state index contributed by atoms with van der Waals surface area (Å²) >= 11 is 0. The molecule has 2 aliphatic rings. The molecule has 0 spiro atoms. The number of hydrogen-bond donors (Lipinski definition) is 1. The fourth-order valence-corrected chi connectivity index (χ4v) is 5.62. The van der Waals surface area contributed by atoms with E-state index in [9.17, 15) is 18.0 Å². The van der Waals surface area contributed by atoms with Crippen LogP contribution in [0.2, 0.25) is 0 Å². The number of nitrogens with zero attached hydrogens (tertiary/aromatic N) is 2. The summed E-state index contributed by atoms with van der Waals surface area (Å²) in [4.78, 5) is 29.6. The summed E-state index contributed by atoms with van der Waals surface area (Å²) in [5.74, 6) is -0.0989. The number of anilines is 1. The van der Waals surface area contributed by atoms with Crippen molar-refractivity contribution < 1.29 is 22.7 Å². The van der Waals surface area contributed by atoms with Gasteiger partial charge in [-0.25, -0.2) is 8.42 Å². The van der Waals surface area contributed by atoms with Crippen LogP contribution in [0.15, 0.2) is 47.4 Å². The molecule has 34 heavy (non-hydrogen) atoms. The Morgan fingerprint density at radius 3 is 1.94 bits per heavy atom. The van der Waals surface area contributed by atoms with Gasteiger partial charge in [-0.1, -0.05) is 12.1 Å². The number of methoxy groups -OCH3 is 1. The normalized spacial score (nSPS) is 16.7. The summed E-state index contributed by atoms with van der Waals surface area (Å²) in [6, 6.07) is 10.9. The number of benzene rings is 2. The van der Waals surface area contributed by atoms with Gasteiger partial charge >= 0.3 is 0 Å². The van der Waals surface area contributed by atoms with Crippen LogP contribution in [0, 0.1) is 0 Å². The van der Waals surface area contributed by atoms with E-state index in [4.69, 9.17) is 4.74 Å². The van der Waals surface area contributed by atoms with Gasteiger partial charge in [-0.15, -0.1) is 0 Å². The van der Waals surface area contributed by atoms with E-state index in [2.05, 4.69) is 4.72 Å². The van der Waals surface area contributed by atoms with Crippen LogP contribution in [0.4, 0.5) is 5.69 Å². The molecule has 8 nitrogen and oxygen atoms in total. The first-order chi connectivity index (χ1) is 16.4. The number of sulfonamides is 1. The number of piperidine rings is 2. The summed E-state index contributed by atoms with van der Waals surface area (Å²) in [5.41, 5.74) is 0.744. The van der Waals surface area contributed by atoms with Gasteiger partial charge in [0, 0.05) is 26.2 Å². The first-order valence-electron chi connectivity index (χ1n) is 11.8. The van der Waals surface area contributed by atoms with E-state index in [1.165, 1.54) is 25.3 Å². The van der Waals surface area contributed by atoms with Gasteiger partial charge in [-0.2, -0.15) is 0 Å². The molecule has 0 radical (unpaired) electrons. The number of likely N-dealkylation sites (tertiary alicyclic amines) is 2. The van der Waals surface area contributed by atoms with E-state index in [-0.39, 0.29) is 28.0 Å². The maximum Gasteiger partial charge on any atom is 0.261 e. The van der Waals surface area contributed by atoms with Crippen molar-refractivity contribution in [2.75, 3.05) is 38.0 Å². The summed E-state index contributed by atoms with van der Waals surface area (Å²) in [5, 5.41) is 0. The van der Waals surface area contributed by atoms with Crippen LogP contribution in [-0.4, -0.2) is 63.3 Å². The zero-order chi connectivity index (χ0) is 24.1. The van der Waals surface area contributed by atoms with Crippen LogP contribution in [0.5, 0.6) is 5.75 Å². The van der Waals surface area contributed by atoms with E-state index in [1.54, 1.807) is 34.1 Å². The number of amides is 2. The quantitative estimate of drug-likeness (QED) is 0.672. The highest BCUT2D eigenvalue weighted by molar-refractivity contribution is 7.92. The molecule has 4 rings (SSSR count). The second-order valence-corrected chi connectivity index (χ2v) is 10.4. The number of carbonyl (C=O) groups is 2. The van der Waals surface area contributed by atoms with Gasteiger partial charge in [-0.3, -0.25) is 14.3 Å². The van der Waals surface area contributed by atoms with Crippen molar-refractivity contribution >= 4 is 27.5 Å². The average molecular weight is 486 g/mol. The topological polar surface area (TPSA) is 96.0 Å². The lowest BCUT2D eigenvalue weighted by atomic mass is 10.1. The maximum atomic E-state index is 13.3. The lowest BCUT2D eigenvalue weighted by molar-refractivity contribution is 0.0715. The van der Waals surface area contributed by atoms with E-state index in [0.29, 0.717) is 37.5 Å². The van der Waals surface area contributed by atoms with Crippen molar-refractivity contribution in [3.63, 3.8) is 0 Å². The average Bonchev–Trinajstić information content (AvgIpc) is 2.88. The highest BCUT2D eigenvalue weighted by Gasteiger charge is 2.26. The van der Waals surface area contributed by atoms with Crippen molar-refractivity contribution in [3.8, 4) is 5.75 Å². The molecular formula is C25H31N3O5S. The van der Waals surface area contributed by atoms with E-state index < -0.39 is 10.0 Å². The smallest absolute Gasteiger partial charge is 0.261 e. The summed E-state index contributed by atoms with van der Waals surface area (Å²) < 4.78 is 34.5. The van der Waals surface area contributed by atoms with E-state index >= 15 is 0 Å². The zero-order valence-corrected chi connectivity index (χ0v) is 20.3. The van der Waals surface area contributed by atoms with Crippen LogP contribution in [0.25, 0.3) is 0 Å². The number of hydrogen-bond acceptors (Lipinski definition) is 5. The van der Waals surface area contributed by atoms with Crippen LogP contribution >= 0.6 is 0 Å². The number of carbonyl (C=O) groups excluding carboxylic acids is 2. The lowest BCUT2D eigenvalue weighted by Crippen LogP contribution is -2.36. The van der Waals surface area contributed by atoms with Crippen molar-refractivity contribution in [1.29, 1.82) is 0 Å².